The first-order chi connectivity index (χ1) is 18.5. The fourth-order valence-electron chi connectivity index (χ4n) is 4.93. The second-order valence-corrected chi connectivity index (χ2v) is 12.3. The van der Waals surface area contributed by atoms with Gasteiger partial charge in [0.2, 0.25) is 10.0 Å². The van der Waals surface area contributed by atoms with Crippen LogP contribution in [0, 0.1) is 0 Å². The summed E-state index contributed by atoms with van der Waals surface area (Å²) in [5.41, 5.74) is 3.92. The van der Waals surface area contributed by atoms with Crippen LogP contribution in [0.1, 0.15) is 27.7 Å². The Kier molecular flexibility index (Phi) is 8.17. The summed E-state index contributed by atoms with van der Waals surface area (Å²) in [6, 6.07) is 15.2. The van der Waals surface area contributed by atoms with Crippen molar-refractivity contribution >= 4 is 53.5 Å². The molecule has 1 aromatic heterocycles. The van der Waals surface area contributed by atoms with Gasteiger partial charge in [-0.3, -0.25) is 4.55 Å². The molecule has 11 heteroatoms. The molecule has 9 nitrogen and oxygen atoms in total. The van der Waals surface area contributed by atoms with Gasteiger partial charge in [-0.2, -0.15) is 8.42 Å². The van der Waals surface area contributed by atoms with Crippen molar-refractivity contribution in [3.63, 3.8) is 0 Å². The number of hydrogen-bond acceptors (Lipinski definition) is 6. The summed E-state index contributed by atoms with van der Waals surface area (Å²) >= 11 is 0. The standard InChI is InChI=1S/C28H33N3O6S2/c1-6-30(7-2)19-10-13-22-25(16-19)37-26-17-20(31(8-3)9-4)11-14-23(26)28(22)24-15-12-21(39(34,35)36)18-27(24)38(32,33)29-5/h10-18,29H,6-9H2,1-5H3/p+1. The molecular weight excluding hydrogens is 538 g/mol. The molecule has 39 heavy (non-hydrogen) atoms. The van der Waals surface area contributed by atoms with E-state index in [1.165, 1.54) is 19.2 Å². The maximum Gasteiger partial charge on any atom is 0.363 e. The molecule has 4 rings (SSSR count). The first-order valence-corrected chi connectivity index (χ1v) is 15.8. The van der Waals surface area contributed by atoms with Gasteiger partial charge in [-0.1, -0.05) is 6.07 Å². The Balaban J connectivity index is 2.17. The summed E-state index contributed by atoms with van der Waals surface area (Å²) in [6.45, 7) is 11.5. The molecule has 0 aliphatic heterocycles. The summed E-state index contributed by atoms with van der Waals surface area (Å²) < 4.78 is 68.5. The molecule has 0 saturated carbocycles. The van der Waals surface area contributed by atoms with Gasteiger partial charge < -0.3 is 9.80 Å². The lowest BCUT2D eigenvalue weighted by atomic mass is 9.96. The van der Waals surface area contributed by atoms with Crippen LogP contribution < -0.4 is 14.5 Å². The second kappa shape index (κ2) is 11.1. The number of rotatable bonds is 10. The van der Waals surface area contributed by atoms with Crippen LogP contribution in [-0.4, -0.2) is 54.6 Å². The van der Waals surface area contributed by atoms with Gasteiger partial charge in [-0.05, 0) is 71.1 Å². The van der Waals surface area contributed by atoms with Crippen LogP contribution in [0.2, 0.25) is 0 Å². The Bertz CT molecular complexity index is 1680. The van der Waals surface area contributed by atoms with Crippen LogP contribution in [-0.2, 0) is 20.1 Å². The van der Waals surface area contributed by atoms with Crippen LogP contribution in [0.3, 0.4) is 0 Å². The largest absolute Gasteiger partial charge is 0.372 e. The molecule has 0 fully saturated rings. The van der Waals surface area contributed by atoms with Gasteiger partial charge in [0.05, 0.1) is 32.7 Å². The van der Waals surface area contributed by atoms with E-state index in [2.05, 4.69) is 42.2 Å². The van der Waals surface area contributed by atoms with Crippen molar-refractivity contribution < 1.29 is 25.8 Å². The molecule has 4 aromatic rings. The lowest BCUT2D eigenvalue weighted by molar-refractivity contribution is 0.483. The molecule has 208 valence electrons. The Morgan fingerprint density at radius 3 is 1.64 bits per heavy atom. The van der Waals surface area contributed by atoms with Crippen molar-refractivity contribution in [1.29, 1.82) is 0 Å². The summed E-state index contributed by atoms with van der Waals surface area (Å²) in [7, 11) is -7.52. The molecule has 0 aliphatic rings. The van der Waals surface area contributed by atoms with Crippen molar-refractivity contribution in [1.82, 2.24) is 4.72 Å². The monoisotopic (exact) mass is 572 g/mol. The van der Waals surface area contributed by atoms with Crippen LogP contribution >= 0.6 is 0 Å². The van der Waals surface area contributed by atoms with E-state index in [1.54, 1.807) is 0 Å². The molecule has 0 radical (unpaired) electrons. The molecule has 0 aliphatic carbocycles. The number of benzene rings is 3. The minimum absolute atomic E-state index is 0.269. The van der Waals surface area contributed by atoms with Gasteiger partial charge in [0.15, 0.2) is 0 Å². The summed E-state index contributed by atoms with van der Waals surface area (Å²) in [6.07, 6.45) is 0. The highest BCUT2D eigenvalue weighted by Gasteiger charge is 2.28. The normalized spacial score (nSPS) is 12.3. The number of fused-ring (bicyclic) bond motifs is 2. The van der Waals surface area contributed by atoms with Crippen molar-refractivity contribution in [2.24, 2.45) is 0 Å². The van der Waals surface area contributed by atoms with E-state index in [0.29, 0.717) is 27.5 Å². The fraction of sp³-hybridized carbons (Fsp3) is 0.321. The third-order valence-electron chi connectivity index (χ3n) is 7.02. The molecule has 0 bridgehead atoms. The van der Waals surface area contributed by atoms with E-state index in [4.69, 9.17) is 4.42 Å². The molecule has 2 N–H and O–H groups in total. The average Bonchev–Trinajstić information content (AvgIpc) is 2.92. The highest BCUT2D eigenvalue weighted by Crippen LogP contribution is 2.42. The summed E-state index contributed by atoms with van der Waals surface area (Å²) in [4.78, 5) is 3.59. The van der Waals surface area contributed by atoms with Crippen LogP contribution in [0.25, 0.3) is 33.1 Å². The molecule has 0 spiro atoms. The lowest BCUT2D eigenvalue weighted by Crippen LogP contribution is -2.21. The third kappa shape index (κ3) is 5.44. The van der Waals surface area contributed by atoms with Crippen molar-refractivity contribution in [2.45, 2.75) is 37.5 Å². The van der Waals surface area contributed by atoms with Gasteiger partial charge >= 0.3 is 11.2 Å². The quantitative estimate of drug-likeness (QED) is 0.148. The molecular formula is C28H34N3O6S2+. The van der Waals surface area contributed by atoms with Crippen molar-refractivity contribution in [2.75, 3.05) is 43.0 Å². The zero-order valence-electron chi connectivity index (χ0n) is 22.7. The number of anilines is 2. The Labute approximate surface area is 229 Å². The summed E-state index contributed by atoms with van der Waals surface area (Å²) in [5.74, 6) is 0. The second-order valence-electron chi connectivity index (χ2n) is 9.02. The zero-order chi connectivity index (χ0) is 28.5. The van der Waals surface area contributed by atoms with Crippen LogP contribution in [0.15, 0.2) is 68.8 Å². The smallest absolute Gasteiger partial charge is 0.363 e. The van der Waals surface area contributed by atoms with Crippen molar-refractivity contribution in [3.05, 3.63) is 54.6 Å². The van der Waals surface area contributed by atoms with E-state index >= 15 is 0 Å². The van der Waals surface area contributed by atoms with E-state index in [-0.39, 0.29) is 10.5 Å². The molecule has 0 saturated heterocycles. The third-order valence-corrected chi connectivity index (χ3v) is 9.33. The van der Waals surface area contributed by atoms with E-state index in [9.17, 15) is 21.4 Å². The highest BCUT2D eigenvalue weighted by molar-refractivity contribution is 7.89. The Morgan fingerprint density at radius 1 is 0.744 bits per heavy atom. The number of nitrogens with zero attached hydrogens (tertiary/aromatic N) is 2. The molecule has 0 unspecified atom stereocenters. The SMILES string of the molecule is CCN(CC)c1ccc2c(-c3ccc(S(=O)(=O)O)cc3S(=O)(=O)NC)c3ccc(N(CC)CC)cc3[o+]c2c1. The van der Waals surface area contributed by atoms with Crippen molar-refractivity contribution in [3.8, 4) is 11.1 Å². The van der Waals surface area contributed by atoms with Crippen LogP contribution in [0.4, 0.5) is 11.4 Å². The fourth-order valence-corrected chi connectivity index (χ4v) is 6.47. The highest BCUT2D eigenvalue weighted by atomic mass is 32.2. The van der Waals surface area contributed by atoms with Gasteiger partial charge in [0.25, 0.3) is 10.1 Å². The predicted octanol–water partition coefficient (Wildman–Crippen LogP) is 5.38. The number of hydrogen-bond donors (Lipinski definition) is 2. The molecule has 0 amide bonds. The molecule has 1 heterocycles. The van der Waals surface area contributed by atoms with Gasteiger partial charge in [-0.15, -0.1) is 0 Å². The molecule has 0 atom stereocenters. The van der Waals surface area contributed by atoms with Crippen LogP contribution in [0.5, 0.6) is 0 Å². The minimum Gasteiger partial charge on any atom is -0.372 e. The van der Waals surface area contributed by atoms with Gasteiger partial charge in [0, 0.05) is 48.7 Å². The van der Waals surface area contributed by atoms with E-state index in [1.807, 2.05) is 36.4 Å². The summed E-state index contributed by atoms with van der Waals surface area (Å²) in [5, 5.41) is 1.34. The number of nitrogens with one attached hydrogen (secondary N) is 1. The van der Waals surface area contributed by atoms with E-state index < -0.39 is 25.0 Å². The minimum atomic E-state index is -4.64. The Hall–Kier alpha value is -3.25. The molecule has 3 aromatic carbocycles. The topological polar surface area (TPSA) is 118 Å². The predicted molar refractivity (Wildman–Crippen MR) is 157 cm³/mol. The zero-order valence-corrected chi connectivity index (χ0v) is 24.4. The Morgan fingerprint density at radius 2 is 1.23 bits per heavy atom. The first-order valence-electron chi connectivity index (χ1n) is 12.9. The average molecular weight is 573 g/mol. The lowest BCUT2D eigenvalue weighted by Gasteiger charge is -2.21. The maximum atomic E-state index is 13.2. The first kappa shape index (κ1) is 28.8. The maximum absolute atomic E-state index is 13.2. The number of sulfonamides is 1. The van der Waals surface area contributed by atoms with Gasteiger partial charge in [0.1, 0.15) is 0 Å². The van der Waals surface area contributed by atoms with E-state index in [0.717, 1.165) is 43.6 Å². The van der Waals surface area contributed by atoms with Gasteiger partial charge in [-0.25, -0.2) is 17.6 Å².